The zero-order valence-corrected chi connectivity index (χ0v) is 13.7. The highest BCUT2D eigenvalue weighted by molar-refractivity contribution is 7.89. The van der Waals surface area contributed by atoms with Gasteiger partial charge in [-0.15, -0.1) is 0 Å². The third-order valence-electron chi connectivity index (χ3n) is 4.12. The molecule has 0 saturated carbocycles. The molecule has 1 saturated heterocycles. The van der Waals surface area contributed by atoms with Crippen LogP contribution in [-0.4, -0.2) is 39.5 Å². The smallest absolute Gasteiger partial charge is 0.240 e. The number of nitrogens with two attached hydrogens (primary N) is 1. The Morgan fingerprint density at radius 2 is 1.90 bits per heavy atom. The Balaban J connectivity index is 2.09. The molecule has 1 heterocycles. The van der Waals surface area contributed by atoms with Crippen LogP contribution in [0, 0.1) is 13.8 Å². The zero-order valence-electron chi connectivity index (χ0n) is 12.9. The normalized spacial score (nSPS) is 16.5. The molecule has 0 radical (unpaired) electrons. The van der Waals surface area contributed by atoms with Gasteiger partial charge in [0.25, 0.3) is 0 Å². The summed E-state index contributed by atoms with van der Waals surface area (Å²) in [7, 11) is -3.47. The van der Waals surface area contributed by atoms with E-state index in [0.29, 0.717) is 18.0 Å². The molecular weight excluding hydrogens is 286 g/mol. The first-order valence-electron chi connectivity index (χ1n) is 7.46. The molecule has 21 heavy (non-hydrogen) atoms. The lowest BCUT2D eigenvalue weighted by Gasteiger charge is -2.16. The van der Waals surface area contributed by atoms with Crippen molar-refractivity contribution in [3.8, 4) is 0 Å². The van der Waals surface area contributed by atoms with Crippen molar-refractivity contribution in [1.29, 1.82) is 0 Å². The van der Waals surface area contributed by atoms with Gasteiger partial charge in [0, 0.05) is 19.6 Å². The summed E-state index contributed by atoms with van der Waals surface area (Å²) < 4.78 is 27.7. The quantitative estimate of drug-likeness (QED) is 0.826. The molecule has 5 nitrogen and oxygen atoms in total. The van der Waals surface area contributed by atoms with Crippen molar-refractivity contribution in [2.24, 2.45) is 5.73 Å². The van der Waals surface area contributed by atoms with Gasteiger partial charge in [0.1, 0.15) is 0 Å². The van der Waals surface area contributed by atoms with Gasteiger partial charge in [0.2, 0.25) is 10.0 Å². The fourth-order valence-corrected chi connectivity index (χ4v) is 4.10. The standard InChI is InChI=1S/C15H25N3O2S/c1-12-9-14(11-16)10-15(13(12)2)21(19,20)17-5-8-18-6-3-4-7-18/h9-10,17H,3-8,11,16H2,1-2H3. The van der Waals surface area contributed by atoms with Crippen molar-refractivity contribution < 1.29 is 8.42 Å². The summed E-state index contributed by atoms with van der Waals surface area (Å²) in [6.07, 6.45) is 2.42. The Bertz CT molecular complexity index is 593. The summed E-state index contributed by atoms with van der Waals surface area (Å²) in [5.74, 6) is 0. The van der Waals surface area contributed by atoms with Crippen molar-refractivity contribution in [2.75, 3.05) is 26.2 Å². The van der Waals surface area contributed by atoms with Crippen LogP contribution in [-0.2, 0) is 16.6 Å². The van der Waals surface area contributed by atoms with Gasteiger partial charge >= 0.3 is 0 Å². The average molecular weight is 311 g/mol. The van der Waals surface area contributed by atoms with Crippen LogP contribution in [0.2, 0.25) is 0 Å². The molecule has 0 amide bonds. The van der Waals surface area contributed by atoms with Crippen LogP contribution in [0.25, 0.3) is 0 Å². The summed E-state index contributed by atoms with van der Waals surface area (Å²) in [6, 6.07) is 3.62. The van der Waals surface area contributed by atoms with Crippen LogP contribution in [0.1, 0.15) is 29.5 Å². The summed E-state index contributed by atoms with van der Waals surface area (Å²) >= 11 is 0. The van der Waals surface area contributed by atoms with E-state index in [2.05, 4.69) is 9.62 Å². The molecular formula is C15H25N3O2S. The van der Waals surface area contributed by atoms with Crippen LogP contribution >= 0.6 is 0 Å². The lowest BCUT2D eigenvalue weighted by Crippen LogP contribution is -2.33. The van der Waals surface area contributed by atoms with Crippen molar-refractivity contribution >= 4 is 10.0 Å². The van der Waals surface area contributed by atoms with E-state index in [9.17, 15) is 8.42 Å². The molecule has 1 fully saturated rings. The van der Waals surface area contributed by atoms with Gasteiger partial charge in [-0.1, -0.05) is 6.07 Å². The van der Waals surface area contributed by atoms with Gasteiger partial charge in [-0.25, -0.2) is 13.1 Å². The van der Waals surface area contributed by atoms with E-state index in [1.165, 1.54) is 12.8 Å². The number of hydrogen-bond donors (Lipinski definition) is 2. The van der Waals surface area contributed by atoms with E-state index in [-0.39, 0.29) is 0 Å². The van der Waals surface area contributed by atoms with Crippen LogP contribution in [0.5, 0.6) is 0 Å². The van der Waals surface area contributed by atoms with Gasteiger partial charge < -0.3 is 10.6 Å². The van der Waals surface area contributed by atoms with E-state index in [1.54, 1.807) is 6.07 Å². The van der Waals surface area contributed by atoms with Crippen LogP contribution < -0.4 is 10.5 Å². The molecule has 1 aromatic carbocycles. The van der Waals surface area contributed by atoms with Crippen molar-refractivity contribution in [3.05, 3.63) is 28.8 Å². The molecule has 0 bridgehead atoms. The van der Waals surface area contributed by atoms with E-state index in [4.69, 9.17) is 5.73 Å². The molecule has 0 aliphatic carbocycles. The van der Waals surface area contributed by atoms with Gasteiger partial charge in [0.05, 0.1) is 4.90 Å². The Morgan fingerprint density at radius 1 is 1.24 bits per heavy atom. The van der Waals surface area contributed by atoms with Gasteiger partial charge in [-0.2, -0.15) is 0 Å². The van der Waals surface area contributed by atoms with Crippen molar-refractivity contribution in [1.82, 2.24) is 9.62 Å². The number of sulfonamides is 1. The van der Waals surface area contributed by atoms with Gasteiger partial charge in [0.15, 0.2) is 0 Å². The molecule has 1 aliphatic heterocycles. The van der Waals surface area contributed by atoms with Crippen LogP contribution in [0.15, 0.2) is 17.0 Å². The Kier molecular flexibility index (Phi) is 5.37. The second-order valence-corrected chi connectivity index (χ2v) is 7.42. The molecule has 1 aromatic rings. The van der Waals surface area contributed by atoms with E-state index < -0.39 is 10.0 Å². The maximum Gasteiger partial charge on any atom is 0.240 e. The monoisotopic (exact) mass is 311 g/mol. The Morgan fingerprint density at radius 3 is 2.52 bits per heavy atom. The highest BCUT2D eigenvalue weighted by Gasteiger charge is 2.19. The van der Waals surface area contributed by atoms with Gasteiger partial charge in [-0.05, 0) is 62.5 Å². The predicted molar refractivity (Wildman–Crippen MR) is 84.7 cm³/mol. The summed E-state index contributed by atoms with van der Waals surface area (Å²) in [5, 5.41) is 0. The number of likely N-dealkylation sites (tertiary alicyclic amines) is 1. The molecule has 3 N–H and O–H groups in total. The molecule has 118 valence electrons. The summed E-state index contributed by atoms with van der Waals surface area (Å²) in [4.78, 5) is 2.64. The zero-order chi connectivity index (χ0) is 15.5. The minimum atomic E-state index is -3.47. The first-order chi connectivity index (χ1) is 9.94. The molecule has 0 spiro atoms. The topological polar surface area (TPSA) is 75.4 Å². The number of rotatable bonds is 6. The molecule has 6 heteroatoms. The third kappa shape index (κ3) is 4.03. The second-order valence-electron chi connectivity index (χ2n) is 5.69. The maximum absolute atomic E-state index is 12.5. The number of nitrogens with zero attached hydrogens (tertiary/aromatic N) is 1. The van der Waals surface area contributed by atoms with E-state index >= 15 is 0 Å². The fourth-order valence-electron chi connectivity index (χ4n) is 2.72. The fraction of sp³-hybridized carbons (Fsp3) is 0.600. The van der Waals surface area contributed by atoms with Crippen molar-refractivity contribution in [2.45, 2.75) is 38.1 Å². The first-order valence-corrected chi connectivity index (χ1v) is 8.94. The van der Waals surface area contributed by atoms with Crippen molar-refractivity contribution in [3.63, 3.8) is 0 Å². The SMILES string of the molecule is Cc1cc(CN)cc(S(=O)(=O)NCCN2CCCC2)c1C. The molecule has 2 rings (SSSR count). The summed E-state index contributed by atoms with van der Waals surface area (Å²) in [5.41, 5.74) is 8.24. The molecule has 0 unspecified atom stereocenters. The molecule has 1 aliphatic rings. The second kappa shape index (κ2) is 6.87. The predicted octanol–water partition coefficient (Wildman–Crippen LogP) is 1.14. The number of nitrogens with one attached hydrogen (secondary N) is 1. The molecule has 0 atom stereocenters. The number of benzene rings is 1. The lowest BCUT2D eigenvalue weighted by atomic mass is 10.1. The minimum Gasteiger partial charge on any atom is -0.326 e. The van der Waals surface area contributed by atoms with E-state index in [0.717, 1.165) is 36.3 Å². The van der Waals surface area contributed by atoms with Crippen LogP contribution in [0.3, 0.4) is 0 Å². The average Bonchev–Trinajstić information content (AvgIpc) is 2.94. The number of hydrogen-bond acceptors (Lipinski definition) is 4. The van der Waals surface area contributed by atoms with E-state index in [1.807, 2.05) is 19.9 Å². The maximum atomic E-state index is 12.5. The number of aryl methyl sites for hydroxylation is 1. The lowest BCUT2D eigenvalue weighted by molar-refractivity contribution is 0.344. The minimum absolute atomic E-state index is 0.345. The largest absolute Gasteiger partial charge is 0.326 e. The highest BCUT2D eigenvalue weighted by Crippen LogP contribution is 2.21. The molecule has 0 aromatic heterocycles. The summed E-state index contributed by atoms with van der Waals surface area (Å²) in [6.45, 7) is 7.46. The highest BCUT2D eigenvalue weighted by atomic mass is 32.2. The van der Waals surface area contributed by atoms with Gasteiger partial charge in [-0.3, -0.25) is 0 Å². The first kappa shape index (κ1) is 16.4. The third-order valence-corrected chi connectivity index (χ3v) is 5.71. The Labute approximate surface area is 127 Å². The Hall–Kier alpha value is -0.950. The van der Waals surface area contributed by atoms with Crippen LogP contribution in [0.4, 0.5) is 0 Å².